The molecule has 0 amide bonds. The van der Waals surface area contributed by atoms with Crippen molar-refractivity contribution in [3.63, 3.8) is 0 Å². The van der Waals surface area contributed by atoms with Gasteiger partial charge in [0.05, 0.1) is 26.4 Å². The first-order valence-electron chi connectivity index (χ1n) is 43.3. The standard InChI is InChI=1S/C85H162O17P2/c1-7-10-12-14-16-18-20-22-24-25-26-27-28-29-33-38-42-46-50-58-64-69-84(89)101-80(73-95-82(87)67-61-55-48-44-40-36-34-30-32-35-39-43-47-53-59-65-77(4)5)75-99-103(91,92)97-71-79(86)72-98-104(93,94)100-76-81(74-96-83(88)68-62-56-52-51-54-60-66-78(6)9-3)102-85(90)70-63-57-49-45-41-37-31-23-21-19-17-15-13-11-8-2/h19,21,23,31,77-81,86H,7-18,20,22,24-30,32-76H2,1-6H3,(H,91,92)(H,93,94)/b21-19-,31-23-/t78?,79-,80-,81-/m1/s1. The molecule has 0 radical (unpaired) electrons. The Morgan fingerprint density at radius 3 is 0.865 bits per heavy atom. The smallest absolute Gasteiger partial charge is 0.462 e. The van der Waals surface area contributed by atoms with E-state index in [9.17, 15) is 43.2 Å². The summed E-state index contributed by atoms with van der Waals surface area (Å²) < 4.78 is 68.8. The van der Waals surface area contributed by atoms with Gasteiger partial charge in [-0.2, -0.15) is 0 Å². The van der Waals surface area contributed by atoms with E-state index in [1.165, 1.54) is 225 Å². The van der Waals surface area contributed by atoms with Crippen LogP contribution in [0.15, 0.2) is 24.3 Å². The zero-order valence-electron chi connectivity index (χ0n) is 67.8. The topological polar surface area (TPSA) is 237 Å². The van der Waals surface area contributed by atoms with Crippen molar-refractivity contribution >= 4 is 39.5 Å². The monoisotopic (exact) mass is 1520 g/mol. The molecule has 0 spiro atoms. The Kier molecular flexibility index (Phi) is 74.1. The van der Waals surface area contributed by atoms with E-state index >= 15 is 0 Å². The summed E-state index contributed by atoms with van der Waals surface area (Å²) in [5.41, 5.74) is 0. The van der Waals surface area contributed by atoms with Crippen LogP contribution in [0.1, 0.15) is 427 Å². The summed E-state index contributed by atoms with van der Waals surface area (Å²) in [5.74, 6) is -0.604. The number of esters is 4. The molecule has 0 bridgehead atoms. The number of carbonyl (C=O) groups is 4. The van der Waals surface area contributed by atoms with Gasteiger partial charge in [0.15, 0.2) is 12.2 Å². The van der Waals surface area contributed by atoms with Gasteiger partial charge >= 0.3 is 39.5 Å². The van der Waals surface area contributed by atoms with Gasteiger partial charge in [-0.15, -0.1) is 0 Å². The van der Waals surface area contributed by atoms with Crippen LogP contribution in [0, 0.1) is 11.8 Å². The number of hydrogen-bond acceptors (Lipinski definition) is 15. The number of allylic oxidation sites excluding steroid dienone is 4. The van der Waals surface area contributed by atoms with Gasteiger partial charge in [-0.1, -0.05) is 374 Å². The second kappa shape index (κ2) is 75.9. The molecule has 104 heavy (non-hydrogen) atoms. The highest BCUT2D eigenvalue weighted by Gasteiger charge is 2.30. The Labute approximate surface area is 637 Å². The van der Waals surface area contributed by atoms with Crippen molar-refractivity contribution in [3.8, 4) is 0 Å². The number of hydrogen-bond donors (Lipinski definition) is 3. The zero-order chi connectivity index (χ0) is 76.4. The first kappa shape index (κ1) is 102. The third kappa shape index (κ3) is 76.3. The second-order valence-electron chi connectivity index (χ2n) is 30.6. The van der Waals surface area contributed by atoms with Crippen molar-refractivity contribution in [3.05, 3.63) is 24.3 Å². The molecule has 0 aromatic carbocycles. The Bertz CT molecular complexity index is 2090. The van der Waals surface area contributed by atoms with E-state index in [4.69, 9.17) is 37.0 Å². The summed E-state index contributed by atoms with van der Waals surface area (Å²) in [6.07, 6.45) is 70.3. The van der Waals surface area contributed by atoms with Gasteiger partial charge in [0.1, 0.15) is 19.3 Å². The quantitative estimate of drug-likeness (QED) is 0.0169. The lowest BCUT2D eigenvalue weighted by atomic mass is 10.00. The number of unbranched alkanes of at least 4 members (excludes halogenated alkanes) is 48. The number of ether oxygens (including phenoxy) is 4. The molecule has 0 saturated heterocycles. The number of aliphatic hydroxyl groups excluding tert-OH is 1. The predicted molar refractivity (Wildman–Crippen MR) is 427 cm³/mol. The van der Waals surface area contributed by atoms with Gasteiger partial charge in [-0.05, 0) is 63.2 Å². The molecular weight excluding hydrogens is 1350 g/mol. The second-order valence-corrected chi connectivity index (χ2v) is 33.5. The van der Waals surface area contributed by atoms with Crippen LogP contribution in [-0.2, 0) is 65.4 Å². The highest BCUT2D eigenvalue weighted by molar-refractivity contribution is 7.47. The van der Waals surface area contributed by atoms with Gasteiger partial charge in [-0.3, -0.25) is 37.3 Å². The Morgan fingerprint density at radius 2 is 0.567 bits per heavy atom. The van der Waals surface area contributed by atoms with Gasteiger partial charge < -0.3 is 33.8 Å². The number of phosphoric acid groups is 2. The zero-order valence-corrected chi connectivity index (χ0v) is 69.6. The molecule has 3 unspecified atom stereocenters. The Morgan fingerprint density at radius 1 is 0.317 bits per heavy atom. The molecule has 0 aliphatic heterocycles. The van der Waals surface area contributed by atoms with Crippen molar-refractivity contribution in [2.45, 2.75) is 445 Å². The minimum atomic E-state index is -4.97. The molecule has 0 heterocycles. The summed E-state index contributed by atoms with van der Waals surface area (Å²) in [7, 11) is -9.94. The van der Waals surface area contributed by atoms with Crippen LogP contribution in [0.4, 0.5) is 0 Å². The maximum absolute atomic E-state index is 13.1. The fourth-order valence-corrected chi connectivity index (χ4v) is 14.3. The fraction of sp³-hybridized carbons (Fsp3) is 0.906. The maximum atomic E-state index is 13.1. The lowest BCUT2D eigenvalue weighted by Crippen LogP contribution is -2.30. The number of aliphatic hydroxyl groups is 1. The van der Waals surface area contributed by atoms with Crippen LogP contribution < -0.4 is 0 Å². The first-order valence-corrected chi connectivity index (χ1v) is 46.3. The molecule has 0 aliphatic carbocycles. The normalized spacial score (nSPS) is 14.2. The summed E-state index contributed by atoms with van der Waals surface area (Å²) in [6.45, 7) is 9.57. The van der Waals surface area contributed by atoms with Crippen molar-refractivity contribution in [1.82, 2.24) is 0 Å². The van der Waals surface area contributed by atoms with Crippen LogP contribution in [0.5, 0.6) is 0 Å². The van der Waals surface area contributed by atoms with Crippen molar-refractivity contribution in [2.75, 3.05) is 39.6 Å². The average Bonchev–Trinajstić information content (AvgIpc) is 0.905. The summed E-state index contributed by atoms with van der Waals surface area (Å²) >= 11 is 0. The van der Waals surface area contributed by atoms with Crippen LogP contribution >= 0.6 is 15.6 Å². The van der Waals surface area contributed by atoms with Gasteiger partial charge in [0.2, 0.25) is 0 Å². The van der Waals surface area contributed by atoms with E-state index < -0.39 is 97.5 Å². The molecular formula is C85H162O17P2. The van der Waals surface area contributed by atoms with E-state index in [0.717, 1.165) is 121 Å². The Balaban J connectivity index is 5.26. The third-order valence-corrected chi connectivity index (χ3v) is 21.6. The molecule has 614 valence electrons. The number of carbonyl (C=O) groups excluding carboxylic acids is 4. The minimum Gasteiger partial charge on any atom is -0.462 e. The molecule has 0 aliphatic rings. The largest absolute Gasteiger partial charge is 0.472 e. The lowest BCUT2D eigenvalue weighted by molar-refractivity contribution is -0.161. The van der Waals surface area contributed by atoms with Gasteiger partial charge in [0.25, 0.3) is 0 Å². The molecule has 0 saturated carbocycles. The molecule has 6 atom stereocenters. The molecule has 0 aromatic heterocycles. The van der Waals surface area contributed by atoms with Crippen molar-refractivity contribution < 1.29 is 80.2 Å². The fourth-order valence-electron chi connectivity index (χ4n) is 12.7. The highest BCUT2D eigenvalue weighted by atomic mass is 31.2. The molecule has 19 heteroatoms. The van der Waals surface area contributed by atoms with Crippen LogP contribution in [0.3, 0.4) is 0 Å². The Hall–Kier alpha value is -2.46. The third-order valence-electron chi connectivity index (χ3n) is 19.7. The predicted octanol–water partition coefficient (Wildman–Crippen LogP) is 25.4. The molecule has 3 N–H and O–H groups in total. The van der Waals surface area contributed by atoms with E-state index in [1.54, 1.807) is 0 Å². The number of rotatable bonds is 82. The first-order chi connectivity index (χ1) is 50.4. The van der Waals surface area contributed by atoms with Crippen LogP contribution in [0.2, 0.25) is 0 Å². The van der Waals surface area contributed by atoms with Crippen LogP contribution in [-0.4, -0.2) is 96.7 Å². The van der Waals surface area contributed by atoms with Crippen molar-refractivity contribution in [2.24, 2.45) is 11.8 Å². The van der Waals surface area contributed by atoms with Crippen molar-refractivity contribution in [1.29, 1.82) is 0 Å². The highest BCUT2D eigenvalue weighted by Crippen LogP contribution is 2.45. The summed E-state index contributed by atoms with van der Waals surface area (Å²) in [6, 6.07) is 0. The molecule has 0 aromatic rings. The average molecular weight is 1520 g/mol. The summed E-state index contributed by atoms with van der Waals surface area (Å²) in [4.78, 5) is 73.1. The molecule has 0 rings (SSSR count). The minimum absolute atomic E-state index is 0.0844. The molecule has 17 nitrogen and oxygen atoms in total. The van der Waals surface area contributed by atoms with E-state index in [-0.39, 0.29) is 25.7 Å². The van der Waals surface area contributed by atoms with Crippen LogP contribution in [0.25, 0.3) is 0 Å². The summed E-state index contributed by atoms with van der Waals surface area (Å²) in [5, 5.41) is 10.7. The molecule has 0 fully saturated rings. The maximum Gasteiger partial charge on any atom is 0.472 e. The van der Waals surface area contributed by atoms with E-state index in [1.807, 2.05) is 0 Å². The lowest BCUT2D eigenvalue weighted by Gasteiger charge is -2.21. The SMILES string of the molecule is CCCCCC/C=C\C=C/CCCCCCCC(=O)O[C@H](COC(=O)CCCCCCCCC(C)CC)COP(=O)(O)OC[C@H](O)COP(=O)(O)OC[C@@H](COC(=O)CCCCCCCCCCCCCCCCCC(C)C)OC(=O)CCCCCCCCCCCCCCCCCCCCCCC. The van der Waals surface area contributed by atoms with Gasteiger partial charge in [0, 0.05) is 25.7 Å². The van der Waals surface area contributed by atoms with E-state index in [2.05, 4.69) is 65.8 Å². The van der Waals surface area contributed by atoms with Gasteiger partial charge in [-0.25, -0.2) is 9.13 Å². The van der Waals surface area contributed by atoms with E-state index in [0.29, 0.717) is 25.7 Å². The number of phosphoric ester groups is 2.